The molecular weight excluding hydrogens is 1260 g/mol. The molecule has 0 radical (unpaired) electrons. The fourth-order valence-electron chi connectivity index (χ4n) is 6.52. The van der Waals surface area contributed by atoms with Crippen LogP contribution in [0.15, 0.2) is 102 Å². The molecule has 84 heavy (non-hydrogen) atoms. The van der Waals surface area contributed by atoms with Gasteiger partial charge in [-0.3, -0.25) is 23.2 Å². The summed E-state index contributed by atoms with van der Waals surface area (Å²) in [6, 6.07) is 9.48. The first-order chi connectivity index (χ1) is 39.6. The lowest BCUT2D eigenvalue weighted by Gasteiger charge is -2.16. The van der Waals surface area contributed by atoms with Crippen LogP contribution in [0.25, 0.3) is 12.2 Å². The Balaban J connectivity index is 1.36. The fraction of sp³-hybridized carbons (Fsp3) is 0.100. The van der Waals surface area contributed by atoms with Crippen molar-refractivity contribution in [2.75, 3.05) is 31.9 Å². The van der Waals surface area contributed by atoms with Gasteiger partial charge in [0.05, 0.1) is 70.1 Å². The third-order valence-electron chi connectivity index (χ3n) is 9.93. The number of benzene rings is 4. The highest BCUT2D eigenvalue weighted by atomic mass is 32.2. The van der Waals surface area contributed by atoms with Gasteiger partial charge in [-0.1, -0.05) is 39.4 Å². The van der Waals surface area contributed by atoms with Crippen LogP contribution >= 0.6 is 36.1 Å². The van der Waals surface area contributed by atoms with Gasteiger partial charge in [-0.25, -0.2) is 25.4 Å². The van der Waals surface area contributed by atoms with Gasteiger partial charge in [0.2, 0.25) is 35.7 Å². The van der Waals surface area contributed by atoms with E-state index in [1.807, 2.05) is 0 Å². The van der Waals surface area contributed by atoms with Crippen molar-refractivity contribution in [1.29, 1.82) is 0 Å². The Labute approximate surface area is 481 Å². The van der Waals surface area contributed by atoms with Gasteiger partial charge in [-0.2, -0.15) is 55.2 Å². The maximum absolute atomic E-state index is 12.9. The van der Waals surface area contributed by atoms with Crippen molar-refractivity contribution in [2.24, 2.45) is 0 Å². The van der Waals surface area contributed by atoms with Crippen LogP contribution in [0.3, 0.4) is 0 Å². The normalized spacial score (nSPS) is 12.5. The Hall–Kier alpha value is -8.26. The topological polar surface area (TPSA) is 578 Å². The smallest absolute Gasteiger partial charge is 0.326 e. The molecule has 448 valence electrons. The molecule has 0 aliphatic heterocycles. The van der Waals surface area contributed by atoms with Gasteiger partial charge in [0.1, 0.15) is 21.9 Å². The zero-order valence-corrected chi connectivity index (χ0v) is 45.7. The molecule has 38 nitrogen and oxygen atoms in total. The molecule has 0 fully saturated rings. The minimum absolute atomic E-state index is 0.0400. The molecule has 16 N–H and O–H groups in total. The Kier molecular flexibility index (Phi) is 22.3. The molecule has 6 rings (SSSR count). The van der Waals surface area contributed by atoms with Crippen LogP contribution in [0.2, 0.25) is 0 Å². The predicted molar refractivity (Wildman–Crippen MR) is 283 cm³/mol. The van der Waals surface area contributed by atoms with Crippen LogP contribution in [0.1, 0.15) is 24.0 Å². The maximum Gasteiger partial charge on any atom is 0.326 e. The molecule has 2 heterocycles. The van der Waals surface area contributed by atoms with Crippen molar-refractivity contribution >= 4 is 161 Å². The summed E-state index contributed by atoms with van der Waals surface area (Å²) in [7, 11) is -15.0. The molecule has 2 atom stereocenters. The maximum atomic E-state index is 12.9. The number of hydrogen-bond acceptors (Lipinski definition) is 34. The van der Waals surface area contributed by atoms with Crippen LogP contribution in [0, 0.1) is 0 Å². The molecule has 0 aliphatic carbocycles. The number of aromatic nitrogens is 6. The third kappa shape index (κ3) is 19.1. The second-order valence-electron chi connectivity index (χ2n) is 15.6. The Morgan fingerprint density at radius 2 is 0.929 bits per heavy atom. The minimum atomic E-state index is -5.15. The minimum Gasteiger partial charge on any atom is -0.481 e. The van der Waals surface area contributed by atoms with E-state index in [-0.39, 0.29) is 42.9 Å². The molecule has 0 saturated heterocycles. The van der Waals surface area contributed by atoms with Gasteiger partial charge in [-0.15, -0.1) is 13.0 Å². The zero-order valence-electron chi connectivity index (χ0n) is 40.8. The number of hydrogen-bond donors (Lipinski definition) is 16. The van der Waals surface area contributed by atoms with E-state index in [1.54, 1.807) is 0 Å². The first-order valence-corrected chi connectivity index (χ1v) is 28.3. The molecule has 4 aromatic carbocycles. The molecule has 2 unspecified atom stereocenters. The first-order valence-electron chi connectivity index (χ1n) is 21.8. The number of nitrogens with one attached hydrogen (secondary N) is 6. The second kappa shape index (κ2) is 28.8. The Morgan fingerprint density at radius 1 is 0.476 bits per heavy atom. The summed E-state index contributed by atoms with van der Waals surface area (Å²) in [5.41, 5.74) is -0.922. The van der Waals surface area contributed by atoms with Gasteiger partial charge in [0, 0.05) is 21.2 Å². The lowest BCUT2D eigenvalue weighted by Crippen LogP contribution is -2.32. The molecule has 44 heteroatoms. The van der Waals surface area contributed by atoms with Crippen molar-refractivity contribution in [3.63, 3.8) is 0 Å². The van der Waals surface area contributed by atoms with Crippen molar-refractivity contribution in [1.82, 2.24) is 29.9 Å². The van der Waals surface area contributed by atoms with E-state index in [0.717, 1.165) is 48.5 Å². The zero-order chi connectivity index (χ0) is 61.5. The van der Waals surface area contributed by atoms with Gasteiger partial charge in [0.25, 0.3) is 30.4 Å². The van der Waals surface area contributed by atoms with E-state index >= 15 is 0 Å². The predicted octanol–water partition coefficient (Wildman–Crippen LogP) is 4.91. The number of anilines is 10. The van der Waals surface area contributed by atoms with Crippen LogP contribution in [0.4, 0.5) is 58.4 Å². The van der Waals surface area contributed by atoms with E-state index in [2.05, 4.69) is 89.9 Å². The molecular formula is C40H36N12O26S6. The number of carboxylic acid groups (broad SMARTS) is 4. The second-order valence-corrected chi connectivity index (χ2v) is 22.1. The highest BCUT2D eigenvalue weighted by molar-refractivity contribution is 7.95. The number of rotatable bonds is 32. The standard InChI is InChI=1S/C40H36N12O26S6/c53-31(54)15-25(33(57)58)45-39-50-36(47-37(51-39)43-23-14-22(82(64,65)66)8-9-27(23)80-77-74-62)42-20-6-4-18(30(12-20)84(70,71)72)2-1-17-3-5-19(11-28(17)81-78-75-63)41-35-48-38(52-40(49-35)46-26(34(59)60)16-32(55)56)44-24-13-21(79-76-73-61)7-10-29(24)83(67,68)69/h1-14,25-26,61-63H,15-16H2,(H,53,54)(H,55,56)(H,57,58)(H,59,60)(H,64,65,66)(H,67,68,69)(H,70,71,72)(H3,41,44,46,48,49,52)(H3,42,43,45,47,50,51). The van der Waals surface area contributed by atoms with Crippen LogP contribution < -0.4 is 31.9 Å². The molecule has 0 saturated carbocycles. The van der Waals surface area contributed by atoms with E-state index in [0.29, 0.717) is 36.1 Å². The first kappa shape index (κ1) is 64.9. The molecule has 6 aromatic rings. The number of aliphatic carboxylic acids is 4. The van der Waals surface area contributed by atoms with Gasteiger partial charge >= 0.3 is 23.9 Å². The summed E-state index contributed by atoms with van der Waals surface area (Å²) in [6.45, 7) is 0. The number of carbonyl (C=O) groups is 4. The largest absolute Gasteiger partial charge is 0.481 e. The van der Waals surface area contributed by atoms with Crippen molar-refractivity contribution in [2.45, 2.75) is 54.3 Å². The van der Waals surface area contributed by atoms with E-state index in [1.165, 1.54) is 36.4 Å². The van der Waals surface area contributed by atoms with Gasteiger partial charge < -0.3 is 52.3 Å². The molecule has 2 aromatic heterocycles. The molecule has 0 aliphatic rings. The summed E-state index contributed by atoms with van der Waals surface area (Å²) < 4.78 is 118. The quantitative estimate of drug-likeness (QED) is 0.00877. The highest BCUT2D eigenvalue weighted by Crippen LogP contribution is 2.35. The highest BCUT2D eigenvalue weighted by Gasteiger charge is 2.26. The van der Waals surface area contributed by atoms with E-state index in [4.69, 9.17) is 15.8 Å². The summed E-state index contributed by atoms with van der Waals surface area (Å²) in [4.78, 5) is 69.1. The monoisotopic (exact) mass is 1290 g/mol. The van der Waals surface area contributed by atoms with Crippen molar-refractivity contribution < 1.29 is 122 Å². The average molecular weight is 1290 g/mol. The molecule has 0 spiro atoms. The van der Waals surface area contributed by atoms with Gasteiger partial charge in [-0.05, 0) is 71.8 Å². The van der Waals surface area contributed by atoms with E-state index < -0.39 is 135 Å². The molecule has 0 bridgehead atoms. The lowest BCUT2D eigenvalue weighted by molar-refractivity contribution is -0.432. The Morgan fingerprint density at radius 3 is 1.42 bits per heavy atom. The number of nitrogens with zero attached hydrogens (tertiary/aromatic N) is 6. The molecule has 0 amide bonds. The lowest BCUT2D eigenvalue weighted by atomic mass is 10.1. The van der Waals surface area contributed by atoms with E-state index in [9.17, 15) is 78.5 Å². The summed E-state index contributed by atoms with van der Waals surface area (Å²) in [5.74, 6) is -9.86. The van der Waals surface area contributed by atoms with Crippen LogP contribution in [-0.4, -0.2) is 141 Å². The summed E-state index contributed by atoms with van der Waals surface area (Å²) >= 11 is 1.04. The van der Waals surface area contributed by atoms with Crippen LogP contribution in [-0.2, 0) is 77.6 Å². The summed E-state index contributed by atoms with van der Waals surface area (Å²) in [5, 5.41) is 90.4. The van der Waals surface area contributed by atoms with Crippen LogP contribution in [0.5, 0.6) is 0 Å². The summed E-state index contributed by atoms with van der Waals surface area (Å²) in [6.07, 6.45) is 0.444. The third-order valence-corrected chi connectivity index (χ3v) is 14.5. The Bertz CT molecular complexity index is 3840. The SMILES string of the molecule is O=C(O)CC(Nc1nc(Nc2ccc(C=Cc3ccc(Nc4nc(Nc5cc(SOOO)ccc5S(=O)(=O)O)nc(NC(CC(=O)O)C(=O)O)n4)cc3SOOO)c(S(=O)(=O)O)c2)nc(Nc2cc(S(=O)(=O)O)ccc2SOOO)n1)C(=O)O. The van der Waals surface area contributed by atoms with Gasteiger partial charge in [0.15, 0.2) is 0 Å². The van der Waals surface area contributed by atoms with Crippen molar-refractivity contribution in [3.8, 4) is 0 Å². The number of carboxylic acids is 4. The fourth-order valence-corrected chi connectivity index (χ4v) is 9.70. The van der Waals surface area contributed by atoms with Crippen molar-refractivity contribution in [3.05, 3.63) is 83.9 Å². The average Bonchev–Trinajstić information content (AvgIpc) is 2.57.